The maximum atomic E-state index is 13.4. The number of nitrogens with zero attached hydrogens (tertiary/aromatic N) is 1. The zero-order chi connectivity index (χ0) is 32.2. The number of methoxy groups -OCH3 is 3. The predicted molar refractivity (Wildman–Crippen MR) is 163 cm³/mol. The predicted octanol–water partition coefficient (Wildman–Crippen LogP) is 4.35. The third-order valence-electron chi connectivity index (χ3n) is 7.27. The fraction of sp³-hybridized carbons (Fsp3) is 0.364. The third-order valence-corrected chi connectivity index (χ3v) is 7.27. The van der Waals surface area contributed by atoms with Crippen molar-refractivity contribution >= 4 is 17.8 Å². The van der Waals surface area contributed by atoms with Crippen molar-refractivity contribution in [1.29, 1.82) is 0 Å². The highest BCUT2D eigenvalue weighted by atomic mass is 16.7. The van der Waals surface area contributed by atoms with E-state index in [4.69, 9.17) is 28.4 Å². The van der Waals surface area contributed by atoms with Gasteiger partial charge in [0.05, 0.1) is 31.4 Å². The highest BCUT2D eigenvalue weighted by Crippen LogP contribution is 2.27. The van der Waals surface area contributed by atoms with Gasteiger partial charge in [-0.05, 0) is 60.9 Å². The van der Waals surface area contributed by atoms with E-state index in [1.807, 2.05) is 0 Å². The Morgan fingerprint density at radius 2 is 1.53 bits per heavy atom. The third kappa shape index (κ3) is 9.17. The molecule has 12 nitrogen and oxygen atoms in total. The molecule has 3 aromatic rings. The largest absolute Gasteiger partial charge is 0.497 e. The van der Waals surface area contributed by atoms with Crippen LogP contribution >= 0.6 is 0 Å². The van der Waals surface area contributed by atoms with E-state index in [-0.39, 0.29) is 38.4 Å². The van der Waals surface area contributed by atoms with Crippen molar-refractivity contribution in [3.63, 3.8) is 0 Å². The molecular formula is C33H38N2O10. The molecule has 1 saturated heterocycles. The van der Waals surface area contributed by atoms with E-state index in [9.17, 15) is 19.5 Å². The maximum Gasteiger partial charge on any atom is 0.407 e. The van der Waals surface area contributed by atoms with Gasteiger partial charge < -0.3 is 43.7 Å². The summed E-state index contributed by atoms with van der Waals surface area (Å²) in [5, 5.41) is 12.6. The van der Waals surface area contributed by atoms with E-state index in [0.717, 1.165) is 5.56 Å². The second-order valence-electron chi connectivity index (χ2n) is 10.3. The zero-order valence-electron chi connectivity index (χ0n) is 25.5. The summed E-state index contributed by atoms with van der Waals surface area (Å²) in [6, 6.07) is 18.0. The lowest BCUT2D eigenvalue weighted by molar-refractivity contribution is 0.0106. The average Bonchev–Trinajstić information content (AvgIpc) is 3.27. The molecule has 12 heteroatoms. The minimum absolute atomic E-state index is 0.00809. The molecule has 0 saturated carbocycles. The van der Waals surface area contributed by atoms with E-state index in [0.29, 0.717) is 53.3 Å². The first kappa shape index (κ1) is 33.2. The fourth-order valence-electron chi connectivity index (χ4n) is 4.90. The summed E-state index contributed by atoms with van der Waals surface area (Å²) in [6.45, 7) is 0.702. The number of ether oxygens (including phenoxy) is 6. The molecule has 0 aliphatic carbocycles. The van der Waals surface area contributed by atoms with E-state index in [1.165, 1.54) is 26.2 Å². The van der Waals surface area contributed by atoms with Crippen molar-refractivity contribution in [1.82, 2.24) is 10.2 Å². The van der Waals surface area contributed by atoms with Crippen molar-refractivity contribution < 1.29 is 47.9 Å². The summed E-state index contributed by atoms with van der Waals surface area (Å²) in [4.78, 5) is 39.6. The summed E-state index contributed by atoms with van der Waals surface area (Å²) in [5.74, 6) is 0.853. The lowest BCUT2D eigenvalue weighted by Gasteiger charge is -2.28. The number of carbonyl (C=O) groups excluding carboxylic acids is 2. The molecule has 1 aliphatic heterocycles. The van der Waals surface area contributed by atoms with Gasteiger partial charge in [-0.3, -0.25) is 9.59 Å². The minimum atomic E-state index is -1.05. The average molecular weight is 623 g/mol. The molecule has 0 bridgehead atoms. The van der Waals surface area contributed by atoms with Crippen LogP contribution in [0.2, 0.25) is 0 Å². The van der Waals surface area contributed by atoms with Crippen LogP contribution in [-0.2, 0) is 20.8 Å². The van der Waals surface area contributed by atoms with Crippen molar-refractivity contribution in [2.75, 3.05) is 48.0 Å². The Morgan fingerprint density at radius 1 is 0.867 bits per heavy atom. The van der Waals surface area contributed by atoms with E-state index >= 15 is 0 Å². The van der Waals surface area contributed by atoms with E-state index < -0.39 is 18.2 Å². The molecule has 0 unspecified atom stereocenters. The molecule has 45 heavy (non-hydrogen) atoms. The molecule has 1 fully saturated rings. The Bertz CT molecular complexity index is 1430. The lowest BCUT2D eigenvalue weighted by Crippen LogP contribution is -2.50. The monoisotopic (exact) mass is 622 g/mol. The highest BCUT2D eigenvalue weighted by molar-refractivity contribution is 6.11. The molecule has 4 rings (SSSR count). The van der Waals surface area contributed by atoms with Gasteiger partial charge in [0.15, 0.2) is 19.4 Å². The number of benzene rings is 3. The van der Waals surface area contributed by atoms with Crippen molar-refractivity contribution in [3.05, 3.63) is 89.0 Å². The van der Waals surface area contributed by atoms with Crippen LogP contribution < -0.4 is 19.5 Å². The van der Waals surface area contributed by atoms with Crippen LogP contribution in [0.25, 0.3) is 0 Å². The first-order valence-electron chi connectivity index (χ1n) is 14.4. The summed E-state index contributed by atoms with van der Waals surface area (Å²) < 4.78 is 32.4. The number of likely N-dealkylation sites (tertiary alicyclic amines) is 1. The smallest absolute Gasteiger partial charge is 0.407 e. The maximum absolute atomic E-state index is 13.4. The molecule has 0 radical (unpaired) electrons. The summed E-state index contributed by atoms with van der Waals surface area (Å²) >= 11 is 0. The van der Waals surface area contributed by atoms with Crippen LogP contribution in [0.5, 0.6) is 17.2 Å². The standard InChI is InChI=1S/C33H38N2O10/c1-40-20-44-25-12-10-24(11-13-25)32(37)34-28-18-35(33(38)39)16-4-5-30(28)43-19-22-6-8-23(9-7-22)31(36)27-17-26(42-3)14-15-29(27)45-21-41-2/h6-15,17,28,30H,4-5,16,18-21H2,1-3H3,(H,34,37)(H,38,39)/t28-,30-/m1/s1. The first-order chi connectivity index (χ1) is 21.8. The van der Waals surface area contributed by atoms with Gasteiger partial charge in [-0.2, -0.15) is 0 Å². The van der Waals surface area contributed by atoms with Gasteiger partial charge >= 0.3 is 6.09 Å². The molecular weight excluding hydrogens is 584 g/mol. The normalized spacial score (nSPS) is 16.4. The Hall–Kier alpha value is -4.65. The topological polar surface area (TPSA) is 142 Å². The van der Waals surface area contributed by atoms with E-state index in [1.54, 1.807) is 66.7 Å². The van der Waals surface area contributed by atoms with Crippen LogP contribution in [0.15, 0.2) is 66.7 Å². The molecule has 3 aromatic carbocycles. The summed E-state index contributed by atoms with van der Waals surface area (Å²) in [7, 11) is 4.54. The molecule has 2 atom stereocenters. The van der Waals surface area contributed by atoms with E-state index in [2.05, 4.69) is 5.32 Å². The molecule has 0 spiro atoms. The molecule has 0 aromatic heterocycles. The number of hydrogen-bond acceptors (Lipinski definition) is 9. The van der Waals surface area contributed by atoms with Gasteiger partial charge in [-0.15, -0.1) is 0 Å². The second-order valence-corrected chi connectivity index (χ2v) is 10.3. The quantitative estimate of drug-likeness (QED) is 0.197. The molecule has 2 N–H and O–H groups in total. The second kappa shape index (κ2) is 16.4. The number of nitrogens with one attached hydrogen (secondary N) is 1. The molecule has 1 aliphatic rings. The van der Waals surface area contributed by atoms with Crippen LogP contribution in [-0.4, -0.2) is 87.9 Å². The number of carbonyl (C=O) groups is 3. The van der Waals surface area contributed by atoms with Gasteiger partial charge in [-0.1, -0.05) is 24.3 Å². The van der Waals surface area contributed by atoms with Gasteiger partial charge in [0.1, 0.15) is 17.2 Å². The lowest BCUT2D eigenvalue weighted by atomic mass is 10.0. The van der Waals surface area contributed by atoms with Gasteiger partial charge in [0.2, 0.25) is 0 Å². The summed E-state index contributed by atoms with van der Waals surface area (Å²) in [6.07, 6.45) is -0.367. The van der Waals surface area contributed by atoms with Crippen LogP contribution in [0.3, 0.4) is 0 Å². The Balaban J connectivity index is 1.44. The molecule has 1 heterocycles. The Morgan fingerprint density at radius 3 is 2.20 bits per heavy atom. The van der Waals surface area contributed by atoms with Gasteiger partial charge in [-0.25, -0.2) is 4.79 Å². The van der Waals surface area contributed by atoms with Gasteiger partial charge in [0, 0.05) is 38.4 Å². The SMILES string of the molecule is COCOc1ccc(C(=O)N[C@@H]2CN(C(=O)O)CCC[C@H]2OCc2ccc(C(=O)c3cc(OC)ccc3OCOC)cc2)cc1. The molecule has 240 valence electrons. The highest BCUT2D eigenvalue weighted by Gasteiger charge is 2.31. The van der Waals surface area contributed by atoms with Crippen molar-refractivity contribution in [3.8, 4) is 17.2 Å². The van der Waals surface area contributed by atoms with Gasteiger partial charge in [0.25, 0.3) is 5.91 Å². The van der Waals surface area contributed by atoms with Crippen molar-refractivity contribution in [2.24, 2.45) is 0 Å². The fourth-order valence-corrected chi connectivity index (χ4v) is 4.90. The Kier molecular flexibility index (Phi) is 12.1. The first-order valence-corrected chi connectivity index (χ1v) is 14.4. The number of rotatable bonds is 14. The zero-order valence-corrected chi connectivity index (χ0v) is 25.5. The summed E-state index contributed by atoms with van der Waals surface area (Å²) in [5.41, 5.74) is 2.00. The minimum Gasteiger partial charge on any atom is -0.497 e. The van der Waals surface area contributed by atoms with Crippen LogP contribution in [0.1, 0.15) is 44.7 Å². The van der Waals surface area contributed by atoms with Crippen LogP contribution in [0.4, 0.5) is 4.79 Å². The number of carboxylic acid groups (broad SMARTS) is 1. The Labute approximate surface area is 261 Å². The van der Waals surface area contributed by atoms with Crippen LogP contribution in [0, 0.1) is 0 Å². The number of hydrogen-bond donors (Lipinski definition) is 2. The molecule has 2 amide bonds. The number of amides is 2. The number of ketones is 1. The van der Waals surface area contributed by atoms with Crippen molar-refractivity contribution in [2.45, 2.75) is 31.6 Å².